The first-order valence-electron chi connectivity index (χ1n) is 6.59. The Kier molecular flexibility index (Phi) is 4.25. The zero-order valence-electron chi connectivity index (χ0n) is 11.6. The number of carbonyl (C=O) groups excluding carboxylic acids is 1. The van der Waals surface area contributed by atoms with Crippen LogP contribution in [0.25, 0.3) is 0 Å². The Morgan fingerprint density at radius 1 is 1.30 bits per heavy atom. The number of benzene rings is 1. The molecule has 1 heterocycles. The zero-order valence-corrected chi connectivity index (χ0v) is 12.4. The summed E-state index contributed by atoms with van der Waals surface area (Å²) >= 11 is 0. The van der Waals surface area contributed by atoms with E-state index in [4.69, 9.17) is 0 Å². The SMILES string of the molecule is CC(=O)C1CCN(S(=O)(=O)c2ccc(F)cc2C)CC1. The van der Waals surface area contributed by atoms with Crippen LogP contribution in [0.1, 0.15) is 25.3 Å². The highest BCUT2D eigenvalue weighted by molar-refractivity contribution is 7.89. The van der Waals surface area contributed by atoms with E-state index in [0.29, 0.717) is 31.5 Å². The lowest BCUT2D eigenvalue weighted by Gasteiger charge is -2.30. The molecule has 1 aliphatic heterocycles. The molecule has 0 bridgehead atoms. The summed E-state index contributed by atoms with van der Waals surface area (Å²) < 4.78 is 39.5. The number of sulfonamides is 1. The molecule has 0 spiro atoms. The van der Waals surface area contributed by atoms with Crippen LogP contribution in [0.4, 0.5) is 4.39 Å². The molecule has 0 N–H and O–H groups in total. The number of ketones is 1. The van der Waals surface area contributed by atoms with Crippen LogP contribution in [-0.2, 0) is 14.8 Å². The van der Waals surface area contributed by atoms with Gasteiger partial charge in [0.05, 0.1) is 4.90 Å². The van der Waals surface area contributed by atoms with Crippen molar-refractivity contribution in [2.75, 3.05) is 13.1 Å². The maximum absolute atomic E-state index is 13.1. The van der Waals surface area contributed by atoms with E-state index in [-0.39, 0.29) is 16.6 Å². The lowest BCUT2D eigenvalue weighted by atomic mass is 9.95. The molecule has 1 aromatic rings. The van der Waals surface area contributed by atoms with Crippen LogP contribution in [0.3, 0.4) is 0 Å². The van der Waals surface area contributed by atoms with E-state index >= 15 is 0 Å². The van der Waals surface area contributed by atoms with Crippen molar-refractivity contribution in [3.8, 4) is 0 Å². The highest BCUT2D eigenvalue weighted by atomic mass is 32.2. The fraction of sp³-hybridized carbons (Fsp3) is 0.500. The second-order valence-corrected chi connectivity index (χ2v) is 7.11. The molecule has 6 heteroatoms. The van der Waals surface area contributed by atoms with Gasteiger partial charge in [-0.15, -0.1) is 0 Å². The summed E-state index contributed by atoms with van der Waals surface area (Å²) in [5.41, 5.74) is 0.402. The smallest absolute Gasteiger partial charge is 0.243 e. The first kappa shape index (κ1) is 15.1. The van der Waals surface area contributed by atoms with Crippen molar-refractivity contribution in [2.24, 2.45) is 5.92 Å². The molecule has 1 aliphatic rings. The van der Waals surface area contributed by atoms with Gasteiger partial charge in [-0.1, -0.05) is 0 Å². The molecular formula is C14H18FNO3S. The van der Waals surface area contributed by atoms with Crippen LogP contribution >= 0.6 is 0 Å². The summed E-state index contributed by atoms with van der Waals surface area (Å²) in [5.74, 6) is -0.382. The lowest BCUT2D eigenvalue weighted by molar-refractivity contribution is -0.121. The summed E-state index contributed by atoms with van der Waals surface area (Å²) in [4.78, 5) is 11.4. The third-order valence-corrected chi connectivity index (χ3v) is 5.84. The molecular weight excluding hydrogens is 281 g/mol. The molecule has 1 saturated heterocycles. The van der Waals surface area contributed by atoms with Crippen molar-refractivity contribution in [1.29, 1.82) is 0 Å². The predicted octanol–water partition coefficient (Wildman–Crippen LogP) is 2.12. The van der Waals surface area contributed by atoms with E-state index in [2.05, 4.69) is 0 Å². The Balaban J connectivity index is 2.22. The molecule has 0 aromatic heterocycles. The maximum Gasteiger partial charge on any atom is 0.243 e. The Morgan fingerprint density at radius 2 is 1.90 bits per heavy atom. The van der Waals surface area contributed by atoms with Gasteiger partial charge in [-0.3, -0.25) is 4.79 Å². The minimum absolute atomic E-state index is 0.0456. The van der Waals surface area contributed by atoms with Gasteiger partial charge in [0.25, 0.3) is 0 Å². The molecule has 0 aliphatic carbocycles. The molecule has 0 amide bonds. The normalized spacial score (nSPS) is 18.1. The van der Waals surface area contributed by atoms with Crippen molar-refractivity contribution < 1.29 is 17.6 Å². The van der Waals surface area contributed by atoms with Crippen molar-refractivity contribution in [2.45, 2.75) is 31.6 Å². The molecule has 0 saturated carbocycles. The van der Waals surface area contributed by atoms with Gasteiger partial charge in [0.1, 0.15) is 11.6 Å². The van der Waals surface area contributed by atoms with Crippen LogP contribution < -0.4 is 0 Å². The number of hydrogen-bond donors (Lipinski definition) is 0. The molecule has 1 aromatic carbocycles. The third kappa shape index (κ3) is 2.91. The topological polar surface area (TPSA) is 54.5 Å². The van der Waals surface area contributed by atoms with Crippen molar-refractivity contribution in [3.63, 3.8) is 0 Å². The molecule has 2 rings (SSSR count). The van der Waals surface area contributed by atoms with Crippen LogP contribution in [0, 0.1) is 18.7 Å². The fourth-order valence-electron chi connectivity index (χ4n) is 2.54. The average molecular weight is 299 g/mol. The number of rotatable bonds is 3. The Morgan fingerprint density at radius 3 is 2.40 bits per heavy atom. The molecule has 0 radical (unpaired) electrons. The summed E-state index contributed by atoms with van der Waals surface area (Å²) in [6, 6.07) is 3.68. The van der Waals surface area contributed by atoms with Crippen LogP contribution in [0.15, 0.2) is 23.1 Å². The van der Waals surface area contributed by atoms with Gasteiger partial charge < -0.3 is 0 Å². The number of aryl methyl sites for hydroxylation is 1. The summed E-state index contributed by atoms with van der Waals surface area (Å²) in [6.07, 6.45) is 1.10. The van der Waals surface area contributed by atoms with E-state index in [0.717, 1.165) is 6.07 Å². The number of carbonyl (C=O) groups is 1. The van der Waals surface area contributed by atoms with E-state index in [1.54, 1.807) is 13.8 Å². The van der Waals surface area contributed by atoms with E-state index < -0.39 is 15.8 Å². The number of hydrogen-bond acceptors (Lipinski definition) is 3. The molecule has 20 heavy (non-hydrogen) atoms. The molecule has 4 nitrogen and oxygen atoms in total. The predicted molar refractivity (Wildman–Crippen MR) is 73.3 cm³/mol. The lowest BCUT2D eigenvalue weighted by Crippen LogP contribution is -2.40. The van der Waals surface area contributed by atoms with Gasteiger partial charge in [0.2, 0.25) is 10.0 Å². The highest BCUT2D eigenvalue weighted by Gasteiger charge is 2.31. The molecule has 0 atom stereocenters. The Hall–Kier alpha value is -1.27. The van der Waals surface area contributed by atoms with Crippen LogP contribution in [0.2, 0.25) is 0 Å². The second kappa shape index (κ2) is 5.61. The van der Waals surface area contributed by atoms with Crippen LogP contribution in [-0.4, -0.2) is 31.6 Å². The van der Waals surface area contributed by atoms with E-state index in [1.807, 2.05) is 0 Å². The Labute approximate surface area is 118 Å². The van der Waals surface area contributed by atoms with Gasteiger partial charge in [0.15, 0.2) is 0 Å². The first-order chi connectivity index (χ1) is 9.32. The van der Waals surface area contributed by atoms with Crippen molar-refractivity contribution in [1.82, 2.24) is 4.31 Å². The summed E-state index contributed by atoms with van der Waals surface area (Å²) in [6.45, 7) is 3.80. The molecule has 0 unspecified atom stereocenters. The van der Waals surface area contributed by atoms with E-state index in [1.165, 1.54) is 16.4 Å². The maximum atomic E-state index is 13.1. The number of nitrogens with zero attached hydrogens (tertiary/aromatic N) is 1. The third-order valence-electron chi connectivity index (χ3n) is 3.78. The average Bonchev–Trinajstić information content (AvgIpc) is 2.38. The number of Topliss-reactive ketones (excluding diaryl/α,β-unsaturated/α-hetero) is 1. The quantitative estimate of drug-likeness (QED) is 0.859. The monoisotopic (exact) mass is 299 g/mol. The second-order valence-electron chi connectivity index (χ2n) is 5.20. The van der Waals surface area contributed by atoms with Gasteiger partial charge in [-0.2, -0.15) is 4.31 Å². The van der Waals surface area contributed by atoms with Gasteiger partial charge in [-0.05, 0) is 50.5 Å². The minimum atomic E-state index is -3.60. The Bertz CT molecular complexity index is 619. The van der Waals surface area contributed by atoms with Crippen molar-refractivity contribution >= 4 is 15.8 Å². The summed E-state index contributed by atoms with van der Waals surface area (Å²) in [7, 11) is -3.60. The number of piperidine rings is 1. The van der Waals surface area contributed by atoms with Gasteiger partial charge >= 0.3 is 0 Å². The summed E-state index contributed by atoms with van der Waals surface area (Å²) in [5, 5.41) is 0. The largest absolute Gasteiger partial charge is 0.300 e. The molecule has 110 valence electrons. The van der Waals surface area contributed by atoms with Crippen LogP contribution in [0.5, 0.6) is 0 Å². The highest BCUT2D eigenvalue weighted by Crippen LogP contribution is 2.26. The minimum Gasteiger partial charge on any atom is -0.300 e. The van der Waals surface area contributed by atoms with E-state index in [9.17, 15) is 17.6 Å². The van der Waals surface area contributed by atoms with Crippen molar-refractivity contribution in [3.05, 3.63) is 29.6 Å². The van der Waals surface area contributed by atoms with Gasteiger partial charge in [-0.25, -0.2) is 12.8 Å². The standard InChI is InChI=1S/C14H18FNO3S/c1-10-9-13(15)3-4-14(10)20(18,19)16-7-5-12(6-8-16)11(2)17/h3-4,9,12H,5-8H2,1-2H3. The van der Waals surface area contributed by atoms with Gasteiger partial charge in [0, 0.05) is 19.0 Å². The fourth-order valence-corrected chi connectivity index (χ4v) is 4.22. The number of halogens is 1. The zero-order chi connectivity index (χ0) is 14.9. The molecule has 1 fully saturated rings. The first-order valence-corrected chi connectivity index (χ1v) is 8.03.